The van der Waals surface area contributed by atoms with Crippen LogP contribution in [0.4, 0.5) is 4.39 Å². The van der Waals surface area contributed by atoms with Crippen LogP contribution in [-0.2, 0) is 14.8 Å². The van der Waals surface area contributed by atoms with Crippen molar-refractivity contribution in [2.24, 2.45) is 0 Å². The molecule has 10 heteroatoms. The molecule has 1 aliphatic rings. The van der Waals surface area contributed by atoms with Gasteiger partial charge in [0.05, 0.1) is 11.4 Å². The minimum atomic E-state index is -3.79. The lowest BCUT2D eigenvalue weighted by molar-refractivity contribution is -0.129. The number of nitrogens with zero attached hydrogens (tertiary/aromatic N) is 3. The second-order valence-electron chi connectivity index (χ2n) is 7.44. The molecule has 2 aromatic rings. The molecule has 0 spiro atoms. The number of hydrogen-bond acceptors (Lipinski definition) is 5. The highest BCUT2D eigenvalue weighted by Gasteiger charge is 2.29. The van der Waals surface area contributed by atoms with E-state index in [4.69, 9.17) is 4.74 Å². The highest BCUT2D eigenvalue weighted by atomic mass is 32.2. The van der Waals surface area contributed by atoms with E-state index in [1.165, 1.54) is 46.5 Å². The van der Waals surface area contributed by atoms with E-state index in [0.717, 1.165) is 0 Å². The van der Waals surface area contributed by atoms with Crippen molar-refractivity contribution >= 4 is 21.8 Å². The topological polar surface area (TPSA) is 87.2 Å². The van der Waals surface area contributed by atoms with E-state index >= 15 is 0 Å². The van der Waals surface area contributed by atoms with Crippen molar-refractivity contribution in [1.29, 1.82) is 0 Å². The molecule has 0 aromatic heterocycles. The van der Waals surface area contributed by atoms with Crippen LogP contribution in [-0.4, -0.2) is 80.7 Å². The molecule has 1 aliphatic heterocycles. The van der Waals surface area contributed by atoms with Gasteiger partial charge in [-0.05, 0) is 30.3 Å². The van der Waals surface area contributed by atoms with Gasteiger partial charge in [-0.1, -0.05) is 18.2 Å². The highest BCUT2D eigenvalue weighted by molar-refractivity contribution is 7.89. The molecule has 2 aromatic carbocycles. The fraction of sp³-hybridized carbons (Fsp3) is 0.364. The quantitative estimate of drug-likeness (QED) is 0.625. The maximum absolute atomic E-state index is 13.6. The van der Waals surface area contributed by atoms with E-state index < -0.39 is 15.8 Å². The zero-order valence-corrected chi connectivity index (χ0v) is 18.8. The Balaban J connectivity index is 1.63. The van der Waals surface area contributed by atoms with Crippen LogP contribution in [0.1, 0.15) is 17.3 Å². The summed E-state index contributed by atoms with van der Waals surface area (Å²) in [4.78, 5) is 27.3. The van der Waals surface area contributed by atoms with Crippen LogP contribution in [0.15, 0.2) is 53.4 Å². The lowest BCUT2D eigenvalue weighted by atomic mass is 10.2. The number of sulfonamides is 1. The normalized spacial score (nSPS) is 14.8. The number of benzene rings is 2. The first kappa shape index (κ1) is 23.7. The molecule has 0 unspecified atom stereocenters. The van der Waals surface area contributed by atoms with Crippen LogP contribution in [0.5, 0.6) is 5.75 Å². The number of carbonyl (C=O) groups excluding carboxylic acids is 2. The van der Waals surface area contributed by atoms with Gasteiger partial charge in [0.1, 0.15) is 6.61 Å². The Morgan fingerprint density at radius 1 is 1.06 bits per heavy atom. The number of hydrogen-bond donors (Lipinski definition) is 0. The van der Waals surface area contributed by atoms with Crippen molar-refractivity contribution in [2.45, 2.75) is 11.8 Å². The summed E-state index contributed by atoms with van der Waals surface area (Å²) in [5, 5.41) is 0. The summed E-state index contributed by atoms with van der Waals surface area (Å²) in [6.45, 7) is 2.80. The molecule has 1 saturated heterocycles. The number of amides is 2. The number of piperazine rings is 1. The fourth-order valence-corrected chi connectivity index (χ4v) is 4.83. The van der Waals surface area contributed by atoms with Crippen molar-refractivity contribution in [2.75, 3.05) is 46.4 Å². The first-order valence-electron chi connectivity index (χ1n) is 10.2. The zero-order valence-electron chi connectivity index (χ0n) is 18.0. The summed E-state index contributed by atoms with van der Waals surface area (Å²) in [5.74, 6) is -0.841. The van der Waals surface area contributed by atoms with Crippen molar-refractivity contribution in [3.05, 3.63) is 59.9 Å². The third-order valence-electron chi connectivity index (χ3n) is 5.27. The number of halogens is 1. The van der Waals surface area contributed by atoms with Gasteiger partial charge < -0.3 is 14.5 Å². The SMILES string of the molecule is CC(=O)N1CCN(S(=O)(=O)c2cccc(C(=O)N(C)CCOc3ccccc3F)c2)CC1. The molecular formula is C22H26FN3O5S. The van der Waals surface area contributed by atoms with Gasteiger partial charge in [-0.25, -0.2) is 12.8 Å². The summed E-state index contributed by atoms with van der Waals surface area (Å²) in [6, 6.07) is 11.9. The van der Waals surface area contributed by atoms with Crippen LogP contribution in [0, 0.1) is 5.82 Å². The van der Waals surface area contributed by atoms with Gasteiger partial charge in [-0.2, -0.15) is 4.31 Å². The molecule has 2 amide bonds. The first-order valence-corrected chi connectivity index (χ1v) is 11.6. The summed E-state index contributed by atoms with van der Waals surface area (Å²) >= 11 is 0. The van der Waals surface area contributed by atoms with Crippen LogP contribution < -0.4 is 4.74 Å². The summed E-state index contributed by atoms with van der Waals surface area (Å²) in [5.41, 5.74) is 0.224. The molecule has 32 heavy (non-hydrogen) atoms. The van der Waals surface area contributed by atoms with Crippen LogP contribution >= 0.6 is 0 Å². The van der Waals surface area contributed by atoms with Crippen molar-refractivity contribution in [3.63, 3.8) is 0 Å². The molecule has 0 bridgehead atoms. The Labute approximate surface area is 187 Å². The first-order chi connectivity index (χ1) is 15.2. The fourth-order valence-electron chi connectivity index (χ4n) is 3.36. The van der Waals surface area contributed by atoms with E-state index in [9.17, 15) is 22.4 Å². The monoisotopic (exact) mass is 463 g/mol. The minimum Gasteiger partial charge on any atom is -0.489 e. The molecule has 1 fully saturated rings. The number of para-hydroxylation sites is 1. The van der Waals surface area contributed by atoms with Gasteiger partial charge in [0.2, 0.25) is 15.9 Å². The minimum absolute atomic E-state index is 0.0237. The predicted octanol–water partition coefficient (Wildman–Crippen LogP) is 1.83. The van der Waals surface area contributed by atoms with Crippen LogP contribution in [0.3, 0.4) is 0 Å². The molecule has 8 nitrogen and oxygen atoms in total. The number of ether oxygens (including phenoxy) is 1. The van der Waals surface area contributed by atoms with Crippen molar-refractivity contribution < 1.29 is 27.1 Å². The number of rotatable bonds is 7. The molecule has 0 saturated carbocycles. The maximum atomic E-state index is 13.6. The second-order valence-corrected chi connectivity index (χ2v) is 9.38. The van der Waals surface area contributed by atoms with E-state index in [0.29, 0.717) is 13.1 Å². The average molecular weight is 464 g/mol. The summed E-state index contributed by atoms with van der Waals surface area (Å²) in [7, 11) is -2.23. The van der Waals surface area contributed by atoms with Crippen molar-refractivity contribution in [3.8, 4) is 5.75 Å². The molecular weight excluding hydrogens is 437 g/mol. The zero-order chi connectivity index (χ0) is 23.3. The van der Waals surface area contributed by atoms with Crippen LogP contribution in [0.25, 0.3) is 0 Å². The third-order valence-corrected chi connectivity index (χ3v) is 7.16. The predicted molar refractivity (Wildman–Crippen MR) is 116 cm³/mol. The van der Waals surface area contributed by atoms with E-state index in [1.807, 2.05) is 0 Å². The molecule has 0 aliphatic carbocycles. The molecule has 0 radical (unpaired) electrons. The number of carbonyl (C=O) groups is 2. The van der Waals surface area contributed by atoms with E-state index in [1.54, 1.807) is 30.1 Å². The second kappa shape index (κ2) is 10.1. The van der Waals surface area contributed by atoms with Gasteiger partial charge >= 0.3 is 0 Å². The van der Waals surface area contributed by atoms with Gasteiger partial charge in [0.15, 0.2) is 11.6 Å². The van der Waals surface area contributed by atoms with Crippen molar-refractivity contribution in [1.82, 2.24) is 14.1 Å². The maximum Gasteiger partial charge on any atom is 0.253 e. The van der Waals surface area contributed by atoms with E-state index in [-0.39, 0.29) is 54.3 Å². The van der Waals surface area contributed by atoms with Gasteiger partial charge in [-0.15, -0.1) is 0 Å². The lowest BCUT2D eigenvalue weighted by Gasteiger charge is -2.33. The molecule has 0 atom stereocenters. The smallest absolute Gasteiger partial charge is 0.253 e. The largest absolute Gasteiger partial charge is 0.489 e. The molecule has 172 valence electrons. The highest BCUT2D eigenvalue weighted by Crippen LogP contribution is 2.20. The Morgan fingerprint density at radius 3 is 2.41 bits per heavy atom. The third kappa shape index (κ3) is 5.43. The summed E-state index contributed by atoms with van der Waals surface area (Å²) < 4.78 is 46.3. The average Bonchev–Trinajstić information content (AvgIpc) is 2.80. The van der Waals surface area contributed by atoms with Gasteiger partial charge in [-0.3, -0.25) is 9.59 Å². The molecule has 0 N–H and O–H groups in total. The van der Waals surface area contributed by atoms with Gasteiger partial charge in [0.25, 0.3) is 5.91 Å². The summed E-state index contributed by atoms with van der Waals surface area (Å²) in [6.07, 6.45) is 0. The number of likely N-dealkylation sites (N-methyl/N-ethyl adjacent to an activating group) is 1. The Morgan fingerprint density at radius 2 is 1.75 bits per heavy atom. The Bertz CT molecular complexity index is 1080. The van der Waals surface area contributed by atoms with Gasteiger partial charge in [0, 0.05) is 45.7 Å². The molecule has 3 rings (SSSR count). The van der Waals surface area contributed by atoms with Crippen LogP contribution in [0.2, 0.25) is 0 Å². The Kier molecular flexibility index (Phi) is 7.47. The molecule has 1 heterocycles. The Hall–Kier alpha value is -2.98. The standard InChI is InChI=1S/C22H26FN3O5S/c1-17(27)25-10-12-26(13-11-25)32(29,30)19-7-5-6-18(16-19)22(28)24(2)14-15-31-21-9-4-3-8-20(21)23/h3-9,16H,10-15H2,1-2H3. The lowest BCUT2D eigenvalue weighted by Crippen LogP contribution is -2.49. The van der Waals surface area contributed by atoms with E-state index in [2.05, 4.69) is 0 Å².